The largest absolute Gasteiger partial charge is 0.309 e. The summed E-state index contributed by atoms with van der Waals surface area (Å²) in [6, 6.07) is 102. The van der Waals surface area contributed by atoms with E-state index in [-0.39, 0.29) is 0 Å². The van der Waals surface area contributed by atoms with Crippen molar-refractivity contribution >= 4 is 17.1 Å². The van der Waals surface area contributed by atoms with Crippen LogP contribution in [0.25, 0.3) is 55.6 Å². The zero-order valence-electron chi connectivity index (χ0n) is 37.9. The Labute approximate surface area is 403 Å². The highest BCUT2D eigenvalue weighted by molar-refractivity contribution is 6.04. The fourth-order valence-corrected chi connectivity index (χ4v) is 12.8. The second-order valence-corrected chi connectivity index (χ2v) is 18.6. The molecular formula is C68H45N. The Morgan fingerprint density at radius 2 is 0.638 bits per heavy atom. The van der Waals surface area contributed by atoms with Gasteiger partial charge in [0.2, 0.25) is 0 Å². The average Bonchev–Trinajstić information content (AvgIpc) is 4.02. The number of nitrogens with zero attached hydrogens (tertiary/aromatic N) is 1. The Bertz CT molecular complexity index is 3710. The van der Waals surface area contributed by atoms with Gasteiger partial charge in [-0.25, -0.2) is 0 Å². The minimum Gasteiger partial charge on any atom is -0.309 e. The van der Waals surface area contributed by atoms with Crippen molar-refractivity contribution in [3.63, 3.8) is 0 Å². The lowest BCUT2D eigenvalue weighted by Gasteiger charge is -2.34. The maximum atomic E-state index is 2.58. The third-order valence-corrected chi connectivity index (χ3v) is 15.4. The van der Waals surface area contributed by atoms with E-state index in [1.54, 1.807) is 0 Å². The Morgan fingerprint density at radius 1 is 0.232 bits per heavy atom. The molecule has 0 atom stereocenters. The van der Waals surface area contributed by atoms with Gasteiger partial charge >= 0.3 is 0 Å². The topological polar surface area (TPSA) is 3.24 Å². The molecule has 1 heteroatoms. The number of para-hydroxylation sites is 1. The number of hydrogen-bond donors (Lipinski definition) is 0. The second-order valence-electron chi connectivity index (χ2n) is 18.6. The Balaban J connectivity index is 1.08. The van der Waals surface area contributed by atoms with Gasteiger partial charge in [-0.2, -0.15) is 0 Å². The van der Waals surface area contributed by atoms with E-state index < -0.39 is 10.8 Å². The first-order valence-electron chi connectivity index (χ1n) is 24.1. The molecule has 1 spiro atoms. The van der Waals surface area contributed by atoms with Crippen LogP contribution in [-0.2, 0) is 10.8 Å². The third kappa shape index (κ3) is 5.47. The van der Waals surface area contributed by atoms with Gasteiger partial charge in [-0.15, -0.1) is 0 Å². The first-order valence-corrected chi connectivity index (χ1v) is 24.1. The van der Waals surface area contributed by atoms with E-state index in [2.05, 4.69) is 278 Å². The van der Waals surface area contributed by atoms with Crippen LogP contribution < -0.4 is 4.90 Å². The summed E-state index contributed by atoms with van der Waals surface area (Å²) in [6.45, 7) is 0. The summed E-state index contributed by atoms with van der Waals surface area (Å²) in [7, 11) is 0. The molecule has 0 fully saturated rings. The minimum atomic E-state index is -0.507. The number of fused-ring (bicyclic) bond motifs is 13. The van der Waals surface area contributed by atoms with Crippen LogP contribution in [-0.4, -0.2) is 0 Å². The summed E-state index contributed by atoms with van der Waals surface area (Å²) >= 11 is 0. The monoisotopic (exact) mass is 875 g/mol. The molecule has 3 aliphatic rings. The van der Waals surface area contributed by atoms with Crippen LogP contribution in [0.3, 0.4) is 0 Å². The van der Waals surface area contributed by atoms with Gasteiger partial charge in [0.25, 0.3) is 0 Å². The molecule has 0 heterocycles. The van der Waals surface area contributed by atoms with E-state index in [1.165, 1.54) is 94.6 Å². The molecule has 3 aliphatic carbocycles. The molecule has 14 rings (SSSR count). The van der Waals surface area contributed by atoms with E-state index in [4.69, 9.17) is 0 Å². The molecule has 11 aromatic carbocycles. The molecule has 0 bridgehead atoms. The normalized spacial score (nSPS) is 13.7. The van der Waals surface area contributed by atoms with E-state index in [0.717, 1.165) is 22.6 Å². The van der Waals surface area contributed by atoms with Crippen molar-refractivity contribution in [2.24, 2.45) is 0 Å². The fraction of sp³-hybridized carbons (Fsp3) is 0.0294. The van der Waals surface area contributed by atoms with E-state index >= 15 is 0 Å². The van der Waals surface area contributed by atoms with Crippen molar-refractivity contribution in [1.82, 2.24) is 0 Å². The molecule has 0 amide bonds. The van der Waals surface area contributed by atoms with E-state index in [0.29, 0.717) is 0 Å². The second kappa shape index (κ2) is 15.4. The quantitative estimate of drug-likeness (QED) is 0.154. The number of anilines is 3. The highest BCUT2D eigenvalue weighted by Gasteiger charge is 2.53. The lowest BCUT2D eigenvalue weighted by Crippen LogP contribution is -2.28. The molecule has 69 heavy (non-hydrogen) atoms. The summed E-state index contributed by atoms with van der Waals surface area (Å²) in [5.74, 6) is 0. The molecule has 11 aromatic rings. The van der Waals surface area contributed by atoms with Crippen LogP contribution in [0.1, 0.15) is 44.5 Å². The lowest BCUT2D eigenvalue weighted by molar-refractivity contribution is 0.768. The van der Waals surface area contributed by atoms with Gasteiger partial charge in [-0.3, -0.25) is 0 Å². The molecule has 0 saturated carbocycles. The Morgan fingerprint density at radius 3 is 1.25 bits per heavy atom. The zero-order valence-corrected chi connectivity index (χ0v) is 37.9. The number of rotatable bonds is 7. The van der Waals surface area contributed by atoms with Gasteiger partial charge in [-0.1, -0.05) is 249 Å². The van der Waals surface area contributed by atoms with Crippen molar-refractivity contribution in [3.05, 3.63) is 317 Å². The summed E-state index contributed by atoms with van der Waals surface area (Å²) in [6.07, 6.45) is 0. The maximum Gasteiger partial charge on any atom is 0.0726 e. The standard InChI is InChI=1S/C68H45N/c1-4-23-46(24-5-1)50-29-10-11-30-51(50)55-34-16-21-41-64(55)69(49-43-44-62-57(45-49)54-33-14-17-36-58(54)67(62,47-25-6-2-7-26-47)48-27-8-3-9-28-48)65-42-22-40-63-66(65)56-35-15-20-39-61(56)68(63)59-37-18-12-31-52(59)53-32-13-19-38-60(53)68/h1-45H. The number of hydrogen-bond acceptors (Lipinski definition) is 1. The van der Waals surface area contributed by atoms with Gasteiger partial charge in [-0.05, 0) is 113 Å². The molecule has 322 valence electrons. The van der Waals surface area contributed by atoms with Gasteiger partial charge in [0.05, 0.1) is 22.2 Å². The molecule has 1 nitrogen and oxygen atoms in total. The van der Waals surface area contributed by atoms with Crippen molar-refractivity contribution in [2.45, 2.75) is 10.8 Å². The fourth-order valence-electron chi connectivity index (χ4n) is 12.8. The molecule has 0 N–H and O–H groups in total. The van der Waals surface area contributed by atoms with Crippen LogP contribution in [0.5, 0.6) is 0 Å². The van der Waals surface area contributed by atoms with Gasteiger partial charge in [0, 0.05) is 16.8 Å². The molecule has 0 aliphatic heterocycles. The summed E-state index contributed by atoms with van der Waals surface area (Å²) in [5, 5.41) is 0. The summed E-state index contributed by atoms with van der Waals surface area (Å²) < 4.78 is 0. The average molecular weight is 876 g/mol. The number of benzene rings is 11. The Kier molecular flexibility index (Phi) is 8.78. The van der Waals surface area contributed by atoms with Crippen LogP contribution in [0.4, 0.5) is 17.1 Å². The SMILES string of the molecule is c1ccc(-c2ccccc2-c2ccccc2N(c2ccc3c(c2)-c2ccccc2C3(c2ccccc2)c2ccccc2)c2cccc3c2-c2ccccc2C32c3ccccc3-c3ccccc32)cc1. The zero-order chi connectivity index (χ0) is 45.5. The van der Waals surface area contributed by atoms with Gasteiger partial charge in [0.15, 0.2) is 0 Å². The van der Waals surface area contributed by atoms with Gasteiger partial charge < -0.3 is 4.90 Å². The van der Waals surface area contributed by atoms with Crippen LogP contribution in [0, 0.1) is 0 Å². The van der Waals surface area contributed by atoms with E-state index in [9.17, 15) is 0 Å². The molecule has 0 radical (unpaired) electrons. The third-order valence-electron chi connectivity index (χ3n) is 15.4. The summed E-state index contributed by atoms with van der Waals surface area (Å²) in [5.41, 5.74) is 25.2. The van der Waals surface area contributed by atoms with Crippen molar-refractivity contribution in [2.75, 3.05) is 4.90 Å². The van der Waals surface area contributed by atoms with Crippen molar-refractivity contribution in [3.8, 4) is 55.6 Å². The molecular weight excluding hydrogens is 831 g/mol. The highest BCUT2D eigenvalue weighted by atomic mass is 15.1. The van der Waals surface area contributed by atoms with Crippen LogP contribution >= 0.6 is 0 Å². The molecule has 0 unspecified atom stereocenters. The smallest absolute Gasteiger partial charge is 0.0726 e. The predicted octanol–water partition coefficient (Wildman–Crippen LogP) is 17.2. The van der Waals surface area contributed by atoms with Gasteiger partial charge in [0.1, 0.15) is 0 Å². The van der Waals surface area contributed by atoms with E-state index in [1.807, 2.05) is 0 Å². The predicted molar refractivity (Wildman–Crippen MR) is 286 cm³/mol. The van der Waals surface area contributed by atoms with Crippen molar-refractivity contribution in [1.29, 1.82) is 0 Å². The minimum absolute atomic E-state index is 0.484. The lowest BCUT2D eigenvalue weighted by atomic mass is 9.68. The molecule has 0 saturated heterocycles. The van der Waals surface area contributed by atoms with Crippen LogP contribution in [0.15, 0.2) is 273 Å². The first-order chi connectivity index (χ1) is 34.3. The maximum absolute atomic E-state index is 2.58. The molecule has 0 aromatic heterocycles. The first kappa shape index (κ1) is 39.4. The van der Waals surface area contributed by atoms with Crippen LogP contribution in [0.2, 0.25) is 0 Å². The highest BCUT2D eigenvalue weighted by Crippen LogP contribution is 2.65. The summed E-state index contributed by atoms with van der Waals surface area (Å²) in [4.78, 5) is 2.58. The Hall–Kier alpha value is -8.78. The van der Waals surface area contributed by atoms with Crippen molar-refractivity contribution < 1.29 is 0 Å².